The zero-order chi connectivity index (χ0) is 15.6. The van der Waals surface area contributed by atoms with Crippen molar-refractivity contribution in [3.8, 4) is 0 Å². The number of hydrogen-bond acceptors (Lipinski definition) is 4. The van der Waals surface area contributed by atoms with Crippen molar-refractivity contribution in [3.05, 3.63) is 45.4 Å². The lowest BCUT2D eigenvalue weighted by atomic mass is 10.1. The van der Waals surface area contributed by atoms with E-state index in [9.17, 15) is 9.18 Å². The van der Waals surface area contributed by atoms with E-state index in [1.165, 1.54) is 19.2 Å². The Labute approximate surface area is 130 Å². The number of methoxy groups -OCH3 is 1. The zero-order valence-electron chi connectivity index (χ0n) is 11.9. The largest absolute Gasteiger partial charge is 0.464 e. The molecule has 0 aliphatic carbocycles. The molecule has 5 nitrogen and oxygen atoms in total. The highest BCUT2D eigenvalue weighted by Gasteiger charge is 2.23. The van der Waals surface area contributed by atoms with Crippen LogP contribution < -0.4 is 0 Å². The molecule has 7 heteroatoms. The van der Waals surface area contributed by atoms with Gasteiger partial charge >= 0.3 is 5.97 Å². The van der Waals surface area contributed by atoms with Gasteiger partial charge < -0.3 is 4.74 Å². The van der Waals surface area contributed by atoms with Crippen molar-refractivity contribution in [1.29, 1.82) is 0 Å². The predicted octanol–water partition coefficient (Wildman–Crippen LogP) is 3.14. The van der Waals surface area contributed by atoms with E-state index in [4.69, 9.17) is 4.74 Å². The van der Waals surface area contributed by atoms with Gasteiger partial charge in [0, 0.05) is 4.47 Å². The SMILES string of the molecule is COC(=O)c1nnn(Cc2ccc(F)cc2Br)c1C(C)C. The van der Waals surface area contributed by atoms with E-state index in [2.05, 4.69) is 26.2 Å². The van der Waals surface area contributed by atoms with Crippen molar-refractivity contribution in [3.63, 3.8) is 0 Å². The lowest BCUT2D eigenvalue weighted by Crippen LogP contribution is -2.12. The van der Waals surface area contributed by atoms with Gasteiger partial charge in [-0.1, -0.05) is 41.1 Å². The van der Waals surface area contributed by atoms with Crippen molar-refractivity contribution in [2.45, 2.75) is 26.3 Å². The first kappa shape index (κ1) is 15.6. The Morgan fingerprint density at radius 1 is 1.48 bits per heavy atom. The Hall–Kier alpha value is -1.76. The first-order valence-corrected chi connectivity index (χ1v) is 7.19. The highest BCUT2D eigenvalue weighted by atomic mass is 79.9. The summed E-state index contributed by atoms with van der Waals surface area (Å²) < 4.78 is 20.1. The van der Waals surface area contributed by atoms with Crippen LogP contribution in [0, 0.1) is 5.82 Å². The van der Waals surface area contributed by atoms with Crippen molar-refractivity contribution >= 4 is 21.9 Å². The molecule has 0 aliphatic rings. The third kappa shape index (κ3) is 3.29. The molecule has 21 heavy (non-hydrogen) atoms. The molecule has 2 rings (SSSR count). The van der Waals surface area contributed by atoms with Gasteiger partial charge in [0.15, 0.2) is 5.69 Å². The molecule has 0 N–H and O–H groups in total. The fraction of sp³-hybridized carbons (Fsp3) is 0.357. The summed E-state index contributed by atoms with van der Waals surface area (Å²) in [5, 5.41) is 7.92. The second-order valence-electron chi connectivity index (χ2n) is 4.86. The Bertz CT molecular complexity index is 670. The van der Waals surface area contributed by atoms with Gasteiger partial charge in [-0.25, -0.2) is 13.9 Å². The summed E-state index contributed by atoms with van der Waals surface area (Å²) in [6, 6.07) is 4.44. The third-order valence-corrected chi connectivity index (χ3v) is 3.77. The Balaban J connectivity index is 2.40. The minimum absolute atomic E-state index is 0.0494. The summed E-state index contributed by atoms with van der Waals surface area (Å²) >= 11 is 3.32. The molecular formula is C14H15BrFN3O2. The van der Waals surface area contributed by atoms with Gasteiger partial charge in [-0.05, 0) is 23.6 Å². The van der Waals surface area contributed by atoms with Crippen LogP contribution in [0.3, 0.4) is 0 Å². The molecule has 0 saturated carbocycles. The number of rotatable bonds is 4. The van der Waals surface area contributed by atoms with Crippen LogP contribution >= 0.6 is 15.9 Å². The number of hydrogen-bond donors (Lipinski definition) is 0. The monoisotopic (exact) mass is 355 g/mol. The fourth-order valence-electron chi connectivity index (χ4n) is 2.06. The van der Waals surface area contributed by atoms with Gasteiger partial charge in [0.2, 0.25) is 0 Å². The molecule has 0 unspecified atom stereocenters. The normalized spacial score (nSPS) is 11.0. The Morgan fingerprint density at radius 2 is 2.19 bits per heavy atom. The molecule has 0 spiro atoms. The molecule has 0 saturated heterocycles. The van der Waals surface area contributed by atoms with Gasteiger partial charge in [-0.15, -0.1) is 5.10 Å². The number of nitrogens with zero attached hydrogens (tertiary/aromatic N) is 3. The smallest absolute Gasteiger partial charge is 0.360 e. The minimum Gasteiger partial charge on any atom is -0.464 e. The summed E-state index contributed by atoms with van der Waals surface area (Å²) in [6.45, 7) is 4.28. The van der Waals surface area contributed by atoms with Crippen LogP contribution in [-0.4, -0.2) is 28.1 Å². The maximum atomic E-state index is 13.1. The van der Waals surface area contributed by atoms with E-state index in [0.29, 0.717) is 16.7 Å². The average molecular weight is 356 g/mol. The van der Waals surface area contributed by atoms with Crippen LogP contribution in [0.1, 0.15) is 41.5 Å². The molecule has 1 aromatic carbocycles. The van der Waals surface area contributed by atoms with Crippen LogP contribution in [0.15, 0.2) is 22.7 Å². The summed E-state index contributed by atoms with van der Waals surface area (Å²) in [7, 11) is 1.31. The predicted molar refractivity (Wildman–Crippen MR) is 78.7 cm³/mol. The molecule has 1 aromatic heterocycles. The van der Waals surface area contributed by atoms with E-state index >= 15 is 0 Å². The van der Waals surface area contributed by atoms with Gasteiger partial charge in [0.05, 0.1) is 19.3 Å². The van der Waals surface area contributed by atoms with Gasteiger partial charge in [0.1, 0.15) is 5.82 Å². The number of carbonyl (C=O) groups is 1. The number of esters is 1. The van der Waals surface area contributed by atoms with Crippen LogP contribution in [0.4, 0.5) is 4.39 Å². The second-order valence-corrected chi connectivity index (χ2v) is 5.72. The molecular weight excluding hydrogens is 341 g/mol. The van der Waals surface area contributed by atoms with Crippen LogP contribution in [-0.2, 0) is 11.3 Å². The summed E-state index contributed by atoms with van der Waals surface area (Å²) in [6.07, 6.45) is 0. The van der Waals surface area contributed by atoms with Crippen LogP contribution in [0.25, 0.3) is 0 Å². The van der Waals surface area contributed by atoms with E-state index in [-0.39, 0.29) is 17.4 Å². The molecule has 112 valence electrons. The summed E-state index contributed by atoms with van der Waals surface area (Å²) in [5.41, 5.74) is 1.75. The molecule has 0 amide bonds. The van der Waals surface area contributed by atoms with Crippen molar-refractivity contribution < 1.29 is 13.9 Å². The maximum absolute atomic E-state index is 13.1. The quantitative estimate of drug-likeness (QED) is 0.790. The number of halogens is 2. The van der Waals surface area contributed by atoms with Crippen molar-refractivity contribution in [2.75, 3.05) is 7.11 Å². The fourth-order valence-corrected chi connectivity index (χ4v) is 2.54. The second kappa shape index (κ2) is 6.34. The minimum atomic E-state index is -0.511. The molecule has 0 radical (unpaired) electrons. The van der Waals surface area contributed by atoms with Crippen LogP contribution in [0.5, 0.6) is 0 Å². The highest BCUT2D eigenvalue weighted by molar-refractivity contribution is 9.10. The van der Waals surface area contributed by atoms with Gasteiger partial charge in [-0.2, -0.15) is 0 Å². The summed E-state index contributed by atoms with van der Waals surface area (Å²) in [4.78, 5) is 11.7. The first-order valence-electron chi connectivity index (χ1n) is 6.39. The molecule has 0 aliphatic heterocycles. The standard InChI is InChI=1S/C14H15BrFN3O2/c1-8(2)13-12(14(20)21-3)17-18-19(13)7-9-4-5-10(16)6-11(9)15/h4-6,8H,7H2,1-3H3. The number of ether oxygens (including phenoxy) is 1. The highest BCUT2D eigenvalue weighted by Crippen LogP contribution is 2.23. The van der Waals surface area contributed by atoms with E-state index < -0.39 is 5.97 Å². The molecule has 0 fully saturated rings. The Kier molecular flexibility index (Phi) is 4.72. The molecule has 0 bridgehead atoms. The van der Waals surface area contributed by atoms with Gasteiger partial charge in [-0.3, -0.25) is 0 Å². The lowest BCUT2D eigenvalue weighted by Gasteiger charge is -2.11. The number of aromatic nitrogens is 3. The number of carbonyl (C=O) groups excluding carboxylic acids is 1. The maximum Gasteiger partial charge on any atom is 0.360 e. The molecule has 2 aromatic rings. The van der Waals surface area contributed by atoms with Crippen molar-refractivity contribution in [1.82, 2.24) is 15.0 Å². The van der Waals surface area contributed by atoms with E-state index in [1.54, 1.807) is 10.7 Å². The Morgan fingerprint density at radius 3 is 2.76 bits per heavy atom. The summed E-state index contributed by atoms with van der Waals surface area (Å²) in [5.74, 6) is -0.778. The molecule has 0 atom stereocenters. The average Bonchev–Trinajstić information content (AvgIpc) is 2.85. The zero-order valence-corrected chi connectivity index (χ0v) is 13.5. The first-order chi connectivity index (χ1) is 9.93. The number of benzene rings is 1. The van der Waals surface area contributed by atoms with Crippen molar-refractivity contribution in [2.24, 2.45) is 0 Å². The van der Waals surface area contributed by atoms with Gasteiger partial charge in [0.25, 0.3) is 0 Å². The molecule has 1 heterocycles. The topological polar surface area (TPSA) is 57.0 Å². The lowest BCUT2D eigenvalue weighted by molar-refractivity contribution is 0.0592. The van der Waals surface area contributed by atoms with E-state index in [0.717, 1.165) is 5.56 Å². The van der Waals surface area contributed by atoms with E-state index in [1.807, 2.05) is 13.8 Å². The van der Waals surface area contributed by atoms with Crippen LogP contribution in [0.2, 0.25) is 0 Å². The third-order valence-electron chi connectivity index (χ3n) is 3.03.